The summed E-state index contributed by atoms with van der Waals surface area (Å²) in [6.45, 7) is 7.05. The molecule has 0 amide bonds. The van der Waals surface area contributed by atoms with Gasteiger partial charge in [0.2, 0.25) is 0 Å². The minimum Gasteiger partial charge on any atom is -0.462 e. The van der Waals surface area contributed by atoms with Crippen molar-refractivity contribution in [3.8, 4) is 0 Å². The number of carbonyl (C=O) groups is 2. The molecule has 4 aliphatic carbocycles. The molecule has 0 aromatic heterocycles. The molecule has 0 bridgehead atoms. The van der Waals surface area contributed by atoms with Crippen LogP contribution in [0, 0.1) is 28.6 Å². The summed E-state index contributed by atoms with van der Waals surface area (Å²) in [6.07, 6.45) is 15.9. The number of hydrogen-bond donors (Lipinski definition) is 0. The minimum atomic E-state index is 0.0294. The zero-order chi connectivity index (χ0) is 20.6. The Labute approximate surface area is 177 Å². The Balaban J connectivity index is 1.43. The van der Waals surface area contributed by atoms with Crippen molar-refractivity contribution in [3.63, 3.8) is 0 Å². The summed E-state index contributed by atoms with van der Waals surface area (Å²) in [7, 11) is 0. The van der Waals surface area contributed by atoms with Gasteiger partial charge in [-0.15, -0.1) is 0 Å². The Bertz CT molecular complexity index is 679. The third kappa shape index (κ3) is 3.72. The maximum Gasteiger partial charge on any atom is 0.306 e. The molecule has 0 heterocycles. The van der Waals surface area contributed by atoms with Crippen molar-refractivity contribution in [1.82, 2.24) is 0 Å². The van der Waals surface area contributed by atoms with Crippen molar-refractivity contribution in [2.24, 2.45) is 28.6 Å². The highest BCUT2D eigenvalue weighted by molar-refractivity contribution is 5.91. The lowest BCUT2D eigenvalue weighted by Crippen LogP contribution is -2.51. The summed E-state index contributed by atoms with van der Waals surface area (Å²) in [6, 6.07) is 0. The topological polar surface area (TPSA) is 43.4 Å². The van der Waals surface area contributed by atoms with E-state index in [0.29, 0.717) is 24.0 Å². The van der Waals surface area contributed by atoms with E-state index < -0.39 is 0 Å². The number of ether oxygens (including phenoxy) is 1. The number of fused-ring (bicyclic) bond motifs is 5. The van der Waals surface area contributed by atoms with E-state index in [2.05, 4.69) is 20.8 Å². The van der Waals surface area contributed by atoms with Crippen molar-refractivity contribution in [1.29, 1.82) is 0 Å². The largest absolute Gasteiger partial charge is 0.462 e. The molecule has 4 aliphatic rings. The molecule has 0 saturated heterocycles. The number of unbranched alkanes of at least 4 members (excludes halogenated alkanes) is 3. The molecule has 0 aromatic rings. The maximum atomic E-state index is 12.5. The molecular formula is C26H40O3. The molecule has 0 radical (unpaired) electrons. The third-order valence-electron chi connectivity index (χ3n) is 9.38. The van der Waals surface area contributed by atoms with Gasteiger partial charge in [-0.3, -0.25) is 9.59 Å². The second kappa shape index (κ2) is 8.19. The number of esters is 1. The summed E-state index contributed by atoms with van der Waals surface area (Å²) in [5.41, 5.74) is 1.82. The van der Waals surface area contributed by atoms with Crippen LogP contribution in [0.1, 0.15) is 104 Å². The van der Waals surface area contributed by atoms with E-state index in [-0.39, 0.29) is 22.9 Å². The van der Waals surface area contributed by atoms with Gasteiger partial charge in [-0.1, -0.05) is 45.6 Å². The first-order valence-electron chi connectivity index (χ1n) is 12.3. The van der Waals surface area contributed by atoms with Crippen molar-refractivity contribution in [3.05, 3.63) is 11.6 Å². The zero-order valence-electron chi connectivity index (χ0n) is 18.8. The smallest absolute Gasteiger partial charge is 0.306 e. The number of ketones is 1. The van der Waals surface area contributed by atoms with Crippen LogP contribution in [0.5, 0.6) is 0 Å². The van der Waals surface area contributed by atoms with E-state index in [9.17, 15) is 9.59 Å². The highest BCUT2D eigenvalue weighted by atomic mass is 16.5. The molecule has 3 nitrogen and oxygen atoms in total. The lowest BCUT2D eigenvalue weighted by Gasteiger charge is -2.57. The van der Waals surface area contributed by atoms with Crippen LogP contribution < -0.4 is 0 Å². The highest BCUT2D eigenvalue weighted by Crippen LogP contribution is 2.65. The van der Waals surface area contributed by atoms with Crippen LogP contribution in [-0.2, 0) is 14.3 Å². The predicted octanol–water partition coefficient (Wildman–Crippen LogP) is 6.40. The first-order chi connectivity index (χ1) is 13.9. The first kappa shape index (κ1) is 21.1. The first-order valence-corrected chi connectivity index (χ1v) is 12.3. The van der Waals surface area contributed by atoms with Gasteiger partial charge >= 0.3 is 5.97 Å². The van der Waals surface area contributed by atoms with Crippen LogP contribution >= 0.6 is 0 Å². The molecule has 0 aromatic carbocycles. The Morgan fingerprint density at radius 3 is 2.66 bits per heavy atom. The lowest BCUT2D eigenvalue weighted by atomic mass is 9.47. The van der Waals surface area contributed by atoms with Crippen LogP contribution in [0.2, 0.25) is 0 Å². The van der Waals surface area contributed by atoms with E-state index in [4.69, 9.17) is 4.74 Å². The van der Waals surface area contributed by atoms with Crippen LogP contribution in [0.15, 0.2) is 11.6 Å². The van der Waals surface area contributed by atoms with Gasteiger partial charge in [0.15, 0.2) is 5.78 Å². The second-order valence-electron chi connectivity index (χ2n) is 10.9. The number of carbonyl (C=O) groups excluding carboxylic acids is 2. The normalized spacial score (nSPS) is 41.2. The van der Waals surface area contributed by atoms with Gasteiger partial charge in [0.25, 0.3) is 0 Å². The molecule has 4 rings (SSSR count). The van der Waals surface area contributed by atoms with Crippen molar-refractivity contribution in [2.75, 3.05) is 0 Å². The monoisotopic (exact) mass is 400 g/mol. The molecule has 162 valence electrons. The number of allylic oxidation sites excluding steroid dienone is 1. The molecule has 0 unspecified atom stereocenters. The van der Waals surface area contributed by atoms with E-state index in [1.165, 1.54) is 44.1 Å². The van der Waals surface area contributed by atoms with Crippen LogP contribution in [-0.4, -0.2) is 17.9 Å². The predicted molar refractivity (Wildman–Crippen MR) is 115 cm³/mol. The molecule has 0 N–H and O–H groups in total. The highest BCUT2D eigenvalue weighted by Gasteiger charge is 2.59. The molecule has 29 heavy (non-hydrogen) atoms. The third-order valence-corrected chi connectivity index (χ3v) is 9.38. The van der Waals surface area contributed by atoms with E-state index >= 15 is 0 Å². The summed E-state index contributed by atoms with van der Waals surface area (Å²) < 4.78 is 6.09. The average Bonchev–Trinajstić information content (AvgIpc) is 3.02. The van der Waals surface area contributed by atoms with Gasteiger partial charge < -0.3 is 4.74 Å². The molecule has 3 fully saturated rings. The standard InChI is InChI=1S/C26H40O3/c1-4-5-6-7-8-24(28)29-23-12-11-21-20-10-9-18-17-19(27)13-15-25(18,2)22(20)14-16-26(21,23)3/h17,20-23H,4-16H2,1-3H3/t20-,21-,22-,23-,25+,26-/m1/s1. The van der Waals surface area contributed by atoms with Crippen molar-refractivity contribution < 1.29 is 14.3 Å². The van der Waals surface area contributed by atoms with Gasteiger partial charge in [-0.05, 0) is 80.6 Å². The van der Waals surface area contributed by atoms with E-state index in [0.717, 1.165) is 44.4 Å². The van der Waals surface area contributed by atoms with Gasteiger partial charge in [-0.25, -0.2) is 0 Å². The average molecular weight is 401 g/mol. The maximum absolute atomic E-state index is 12.5. The summed E-state index contributed by atoms with van der Waals surface area (Å²) in [4.78, 5) is 24.5. The molecule has 0 aliphatic heterocycles. The summed E-state index contributed by atoms with van der Waals surface area (Å²) in [5.74, 6) is 2.48. The Morgan fingerprint density at radius 1 is 1.03 bits per heavy atom. The second-order valence-corrected chi connectivity index (χ2v) is 10.9. The van der Waals surface area contributed by atoms with Crippen molar-refractivity contribution in [2.45, 2.75) is 110 Å². The molecule has 6 atom stereocenters. The lowest BCUT2D eigenvalue weighted by molar-refractivity contribution is -0.160. The van der Waals surface area contributed by atoms with Gasteiger partial charge in [-0.2, -0.15) is 0 Å². The molecular weight excluding hydrogens is 360 g/mol. The SMILES string of the molecule is CCCCCCC(=O)O[C@@H]1CC[C@@H]2[C@H]3CCC4=CC(=O)CC[C@]4(C)[C@@H]3CC[C@]21C. The van der Waals surface area contributed by atoms with E-state index in [1.54, 1.807) is 0 Å². The Kier molecular flexibility index (Phi) is 5.97. The van der Waals surface area contributed by atoms with Crippen LogP contribution in [0.3, 0.4) is 0 Å². The Hall–Kier alpha value is -1.12. The van der Waals surface area contributed by atoms with Crippen LogP contribution in [0.4, 0.5) is 0 Å². The Morgan fingerprint density at radius 2 is 1.86 bits per heavy atom. The fourth-order valence-electron chi connectivity index (χ4n) is 7.62. The molecule has 3 saturated carbocycles. The van der Waals surface area contributed by atoms with Gasteiger partial charge in [0, 0.05) is 18.3 Å². The number of rotatable bonds is 6. The molecule has 3 heteroatoms. The van der Waals surface area contributed by atoms with E-state index in [1.807, 2.05) is 6.08 Å². The quantitative estimate of drug-likeness (QED) is 0.383. The number of hydrogen-bond acceptors (Lipinski definition) is 3. The fourth-order valence-corrected chi connectivity index (χ4v) is 7.62. The van der Waals surface area contributed by atoms with Gasteiger partial charge in [0.05, 0.1) is 0 Å². The minimum absolute atomic E-state index is 0.0294. The van der Waals surface area contributed by atoms with Gasteiger partial charge in [0.1, 0.15) is 6.10 Å². The summed E-state index contributed by atoms with van der Waals surface area (Å²) in [5, 5.41) is 0. The zero-order valence-corrected chi connectivity index (χ0v) is 18.8. The van der Waals surface area contributed by atoms with Crippen LogP contribution in [0.25, 0.3) is 0 Å². The van der Waals surface area contributed by atoms with Crippen molar-refractivity contribution >= 4 is 11.8 Å². The fraction of sp³-hybridized carbons (Fsp3) is 0.846. The molecule has 0 spiro atoms. The summed E-state index contributed by atoms with van der Waals surface area (Å²) >= 11 is 0.